The molecule has 1 rings (SSSR count). The second-order valence-electron chi connectivity index (χ2n) is 6.54. The number of alkyl halides is 6. The smallest absolute Gasteiger partial charge is 0.353 e. The van der Waals surface area contributed by atoms with Crippen LogP contribution in [-0.2, 0) is 21.5 Å². The van der Waals surface area contributed by atoms with Crippen molar-refractivity contribution in [3.8, 4) is 0 Å². The Balaban J connectivity index is 3.36. The van der Waals surface area contributed by atoms with Crippen LogP contribution in [0.2, 0.25) is 0 Å². The van der Waals surface area contributed by atoms with Crippen molar-refractivity contribution in [1.29, 1.82) is 0 Å². The molecule has 0 bridgehead atoms. The first kappa shape index (κ1) is 22.8. The topological polar surface area (TPSA) is 18.5 Å². The van der Waals surface area contributed by atoms with Crippen LogP contribution in [0.4, 0.5) is 26.3 Å². The van der Waals surface area contributed by atoms with Crippen molar-refractivity contribution in [3.63, 3.8) is 0 Å². The van der Waals surface area contributed by atoms with Gasteiger partial charge in [-0.2, -0.15) is 26.3 Å². The molecule has 0 fully saturated rings. The highest BCUT2D eigenvalue weighted by Gasteiger charge is 2.74. The maximum absolute atomic E-state index is 13.7. The molecule has 1 aromatic carbocycles. The molecule has 0 aliphatic heterocycles. The first-order valence-corrected chi connectivity index (χ1v) is 8.37. The van der Waals surface area contributed by atoms with E-state index in [-0.39, 0.29) is 12.5 Å². The zero-order chi connectivity index (χ0) is 20.2. The normalized spacial score (nSPS) is 14.7. The molecule has 0 aliphatic rings. The summed E-state index contributed by atoms with van der Waals surface area (Å²) in [6, 6.07) is 4.16. The molecular weight excluding hydrogens is 362 g/mol. The summed E-state index contributed by atoms with van der Waals surface area (Å²) in [6.07, 6.45) is -11.9. The van der Waals surface area contributed by atoms with Gasteiger partial charge in [0.15, 0.2) is 6.29 Å². The highest BCUT2D eigenvalue weighted by atomic mass is 19.4. The lowest BCUT2D eigenvalue weighted by molar-refractivity contribution is -0.415. The van der Waals surface area contributed by atoms with Crippen molar-refractivity contribution in [1.82, 2.24) is 0 Å². The Morgan fingerprint density at radius 3 is 1.77 bits per heavy atom. The SMILES string of the molecule is CCCc1ccc(C(OC(C)OCC(C)C)(C(F)(F)F)C(F)(F)F)cc1. The fourth-order valence-electron chi connectivity index (χ4n) is 2.50. The van der Waals surface area contributed by atoms with E-state index >= 15 is 0 Å². The van der Waals surface area contributed by atoms with Crippen molar-refractivity contribution >= 4 is 0 Å². The lowest BCUT2D eigenvalue weighted by atomic mass is 9.90. The summed E-state index contributed by atoms with van der Waals surface area (Å²) in [6.45, 7) is 6.31. The predicted molar refractivity (Wildman–Crippen MR) is 85.6 cm³/mol. The Morgan fingerprint density at radius 2 is 1.38 bits per heavy atom. The van der Waals surface area contributed by atoms with Gasteiger partial charge < -0.3 is 9.47 Å². The van der Waals surface area contributed by atoms with Crippen LogP contribution in [0.25, 0.3) is 0 Å². The number of benzene rings is 1. The van der Waals surface area contributed by atoms with Gasteiger partial charge in [-0.05, 0) is 24.8 Å². The summed E-state index contributed by atoms with van der Waals surface area (Å²) in [4.78, 5) is 0. The number of hydrogen-bond acceptors (Lipinski definition) is 2. The Morgan fingerprint density at radius 1 is 0.885 bits per heavy atom. The van der Waals surface area contributed by atoms with Gasteiger partial charge >= 0.3 is 12.4 Å². The van der Waals surface area contributed by atoms with Crippen molar-refractivity contribution in [2.75, 3.05) is 6.61 Å². The second-order valence-corrected chi connectivity index (χ2v) is 6.54. The first-order valence-electron chi connectivity index (χ1n) is 8.37. The van der Waals surface area contributed by atoms with E-state index in [0.717, 1.165) is 25.5 Å². The fraction of sp³-hybridized carbons (Fsp3) is 0.667. The Kier molecular flexibility index (Phi) is 7.53. The van der Waals surface area contributed by atoms with E-state index in [9.17, 15) is 26.3 Å². The van der Waals surface area contributed by atoms with Crippen molar-refractivity contribution in [2.45, 2.75) is 64.8 Å². The molecule has 8 heteroatoms. The minimum atomic E-state index is -5.72. The van der Waals surface area contributed by atoms with Crippen LogP contribution in [0.15, 0.2) is 24.3 Å². The van der Waals surface area contributed by atoms with Gasteiger partial charge in [0, 0.05) is 5.56 Å². The molecule has 0 heterocycles. The predicted octanol–water partition coefficient (Wildman–Crippen LogP) is 5.99. The van der Waals surface area contributed by atoms with E-state index in [4.69, 9.17) is 4.74 Å². The highest BCUT2D eigenvalue weighted by molar-refractivity contribution is 5.31. The molecule has 0 saturated carbocycles. The van der Waals surface area contributed by atoms with E-state index in [1.54, 1.807) is 13.8 Å². The second kappa shape index (κ2) is 8.61. The summed E-state index contributed by atoms with van der Waals surface area (Å²) in [5, 5.41) is 0. The molecule has 0 saturated heterocycles. The standard InChI is InChI=1S/C18H24F6O2/c1-5-6-14-7-9-15(10-8-14)16(17(19,20)21,18(22,23)24)26-13(4)25-11-12(2)3/h7-10,12-13H,5-6,11H2,1-4H3. The van der Waals surface area contributed by atoms with Crippen LogP contribution >= 0.6 is 0 Å². The molecule has 1 aromatic rings. The van der Waals surface area contributed by atoms with E-state index in [1.165, 1.54) is 12.1 Å². The zero-order valence-corrected chi connectivity index (χ0v) is 15.2. The molecule has 0 spiro atoms. The van der Waals surface area contributed by atoms with E-state index in [0.29, 0.717) is 12.0 Å². The molecule has 0 aliphatic carbocycles. The zero-order valence-electron chi connectivity index (χ0n) is 15.2. The van der Waals surface area contributed by atoms with Crippen molar-refractivity contribution in [3.05, 3.63) is 35.4 Å². The number of ether oxygens (including phenoxy) is 2. The largest absolute Gasteiger partial charge is 0.430 e. The maximum Gasteiger partial charge on any atom is 0.430 e. The molecule has 26 heavy (non-hydrogen) atoms. The van der Waals surface area contributed by atoms with Gasteiger partial charge in [-0.25, -0.2) is 0 Å². The van der Waals surface area contributed by atoms with Crippen molar-refractivity contribution < 1.29 is 35.8 Å². The summed E-state index contributed by atoms with van der Waals surface area (Å²) in [5.41, 5.74) is -4.82. The molecule has 0 radical (unpaired) electrons. The number of halogens is 6. The first-order chi connectivity index (χ1) is 11.8. The lowest BCUT2D eigenvalue weighted by Gasteiger charge is -2.39. The summed E-state index contributed by atoms with van der Waals surface area (Å²) in [5.74, 6) is -0.0689. The molecular formula is C18H24F6O2. The quantitative estimate of drug-likeness (QED) is 0.403. The average molecular weight is 386 g/mol. The monoisotopic (exact) mass is 386 g/mol. The minimum Gasteiger partial charge on any atom is -0.353 e. The average Bonchev–Trinajstić information content (AvgIpc) is 2.49. The number of rotatable bonds is 8. The molecule has 150 valence electrons. The van der Waals surface area contributed by atoms with Crippen LogP contribution in [0, 0.1) is 5.92 Å². The van der Waals surface area contributed by atoms with E-state index in [2.05, 4.69) is 4.74 Å². The van der Waals surface area contributed by atoms with Gasteiger partial charge in [-0.1, -0.05) is 51.5 Å². The van der Waals surface area contributed by atoms with Crippen LogP contribution in [0.1, 0.15) is 45.2 Å². The fourth-order valence-corrected chi connectivity index (χ4v) is 2.50. The van der Waals surface area contributed by atoms with Crippen molar-refractivity contribution in [2.24, 2.45) is 5.92 Å². The van der Waals surface area contributed by atoms with Crippen LogP contribution < -0.4 is 0 Å². The third-order valence-corrected chi connectivity index (χ3v) is 3.70. The maximum atomic E-state index is 13.7. The summed E-state index contributed by atoms with van der Waals surface area (Å²) < 4.78 is 91.5. The van der Waals surface area contributed by atoms with Crippen LogP contribution in [0.3, 0.4) is 0 Å². The van der Waals surface area contributed by atoms with E-state index < -0.39 is 29.8 Å². The lowest BCUT2D eigenvalue weighted by Crippen LogP contribution is -2.57. The molecule has 0 N–H and O–H groups in total. The van der Waals surface area contributed by atoms with Crippen LogP contribution in [-0.4, -0.2) is 25.2 Å². The minimum absolute atomic E-state index is 0.0254. The Hall–Kier alpha value is -1.28. The van der Waals surface area contributed by atoms with Gasteiger partial charge in [0.1, 0.15) is 0 Å². The van der Waals surface area contributed by atoms with Gasteiger partial charge in [0.2, 0.25) is 0 Å². The molecule has 1 unspecified atom stereocenters. The highest BCUT2D eigenvalue weighted by Crippen LogP contribution is 2.53. The van der Waals surface area contributed by atoms with Gasteiger partial charge in [-0.15, -0.1) is 0 Å². The van der Waals surface area contributed by atoms with Gasteiger partial charge in [0.05, 0.1) is 6.61 Å². The number of aryl methyl sites for hydroxylation is 1. The third-order valence-electron chi connectivity index (χ3n) is 3.70. The molecule has 0 amide bonds. The molecule has 1 atom stereocenters. The summed E-state index contributed by atoms with van der Waals surface area (Å²) >= 11 is 0. The molecule has 2 nitrogen and oxygen atoms in total. The Labute approximate surface area is 149 Å². The Bertz CT molecular complexity index is 534. The van der Waals surface area contributed by atoms with Gasteiger partial charge in [0.25, 0.3) is 5.60 Å². The van der Waals surface area contributed by atoms with Gasteiger partial charge in [-0.3, -0.25) is 0 Å². The van der Waals surface area contributed by atoms with E-state index in [1.807, 2.05) is 6.92 Å². The third kappa shape index (κ3) is 5.13. The number of hydrogen-bond donors (Lipinski definition) is 0. The summed E-state index contributed by atoms with van der Waals surface area (Å²) in [7, 11) is 0. The van der Waals surface area contributed by atoms with Crippen LogP contribution in [0.5, 0.6) is 0 Å². The molecule has 0 aromatic heterocycles.